The van der Waals surface area contributed by atoms with Gasteiger partial charge >= 0.3 is 0 Å². The van der Waals surface area contributed by atoms with Gasteiger partial charge in [0.15, 0.2) is 0 Å². The van der Waals surface area contributed by atoms with Gasteiger partial charge in [-0.25, -0.2) is 0 Å². The highest BCUT2D eigenvalue weighted by molar-refractivity contribution is 9.10. The molecule has 8 heteroatoms. The molecule has 0 spiro atoms. The Morgan fingerprint density at radius 1 is 1.27 bits per heavy atom. The predicted octanol–water partition coefficient (Wildman–Crippen LogP) is 3.02. The van der Waals surface area contributed by atoms with Crippen LogP contribution in [0.1, 0.15) is 22.4 Å². The van der Waals surface area contributed by atoms with Gasteiger partial charge in [0.25, 0.3) is 0 Å². The van der Waals surface area contributed by atoms with E-state index in [9.17, 15) is 14.7 Å². The quantitative estimate of drug-likeness (QED) is 0.474. The number of carboxylic acid groups (broad SMARTS) is 1. The minimum atomic E-state index is -1.18. The summed E-state index contributed by atoms with van der Waals surface area (Å²) in [5.74, 6) is -1.14. The maximum atomic E-state index is 12.1. The van der Waals surface area contributed by atoms with Gasteiger partial charge < -0.3 is 9.90 Å². The zero-order valence-corrected chi connectivity index (χ0v) is 17.5. The second kappa shape index (κ2) is 9.80. The van der Waals surface area contributed by atoms with E-state index < -0.39 is 5.97 Å². The summed E-state index contributed by atoms with van der Waals surface area (Å²) >= 11 is 6.39. The van der Waals surface area contributed by atoms with Crippen LogP contribution in [0.2, 0.25) is 0 Å². The Morgan fingerprint density at radius 3 is 2.69 bits per heavy atom. The summed E-state index contributed by atoms with van der Waals surface area (Å²) < 4.78 is 1.05. The number of hydrogen-bond acceptors (Lipinski definition) is 6. The van der Waals surface area contributed by atoms with Crippen molar-refractivity contribution in [1.82, 2.24) is 10.9 Å². The van der Waals surface area contributed by atoms with Crippen molar-refractivity contribution >= 4 is 56.6 Å². The minimum absolute atomic E-state index is 0.203. The molecule has 1 aromatic carbocycles. The zero-order chi connectivity index (χ0) is 19.1. The fourth-order valence-electron chi connectivity index (χ4n) is 2.06. The number of hydrogen-bond donors (Lipinski definition) is 2. The monoisotopic (exact) mass is 453 g/mol. The van der Waals surface area contributed by atoms with Crippen molar-refractivity contribution in [2.45, 2.75) is 25.2 Å². The van der Waals surface area contributed by atoms with Crippen molar-refractivity contribution < 1.29 is 14.7 Å². The van der Waals surface area contributed by atoms with Crippen molar-refractivity contribution in [1.29, 1.82) is 0 Å². The smallest absolute Gasteiger partial charge is 0.248 e. The third-order valence-corrected chi connectivity index (χ3v) is 6.33. The molecule has 0 atom stereocenters. The number of amides is 1. The molecule has 2 N–H and O–H groups in total. The fraction of sp³-hybridized carbons (Fsp3) is 0.222. The molecule has 2 rings (SSSR count). The van der Waals surface area contributed by atoms with Crippen molar-refractivity contribution in [3.05, 3.63) is 56.2 Å². The number of thiophene rings is 1. The van der Waals surface area contributed by atoms with Crippen molar-refractivity contribution in [3.63, 3.8) is 0 Å². The molecule has 0 saturated carbocycles. The molecule has 0 fully saturated rings. The van der Waals surface area contributed by atoms with Crippen molar-refractivity contribution in [2.75, 3.05) is 5.75 Å². The second-order valence-electron chi connectivity index (χ2n) is 5.50. The van der Waals surface area contributed by atoms with Crippen LogP contribution < -0.4 is 16.0 Å². The van der Waals surface area contributed by atoms with Crippen LogP contribution in [0.25, 0.3) is 5.70 Å². The van der Waals surface area contributed by atoms with Crippen LogP contribution in [0.5, 0.6) is 0 Å². The van der Waals surface area contributed by atoms with Crippen LogP contribution in [-0.4, -0.2) is 17.6 Å². The summed E-state index contributed by atoms with van der Waals surface area (Å²) in [6, 6.07) is 7.77. The lowest BCUT2D eigenvalue weighted by molar-refractivity contribution is -0.304. The fourth-order valence-corrected chi connectivity index (χ4v) is 4.14. The summed E-state index contributed by atoms with van der Waals surface area (Å²) in [4.78, 5) is 24.7. The van der Waals surface area contributed by atoms with Gasteiger partial charge in [0.2, 0.25) is 5.91 Å². The average Bonchev–Trinajstić information content (AvgIpc) is 3.11. The second-order valence-corrected chi connectivity index (χ2v) is 8.32. The standard InChI is InChI=1S/C18H19BrN2O3S2/c1-11-9-16(12(2)8-13(11)19)26-10-17(22)21-20-14(5-6-18(23)24)15-4-3-7-25-15/h3-5,7-9,20H,6,10H2,1-2H3,(H,21,22)(H,23,24)/p-1/b14-5+. The first-order valence-corrected chi connectivity index (χ1v) is 10.4. The lowest BCUT2D eigenvalue weighted by Crippen LogP contribution is -2.37. The highest BCUT2D eigenvalue weighted by Gasteiger charge is 2.08. The first-order valence-electron chi connectivity index (χ1n) is 7.75. The van der Waals surface area contributed by atoms with E-state index in [2.05, 4.69) is 26.8 Å². The summed E-state index contributed by atoms with van der Waals surface area (Å²) in [6.45, 7) is 4.00. The largest absolute Gasteiger partial charge is 0.550 e. The van der Waals surface area contributed by atoms with E-state index in [0.29, 0.717) is 5.70 Å². The zero-order valence-electron chi connectivity index (χ0n) is 14.3. The molecular weight excluding hydrogens is 436 g/mol. The van der Waals surface area contributed by atoms with Crippen LogP contribution in [0.3, 0.4) is 0 Å². The lowest BCUT2D eigenvalue weighted by Gasteiger charge is -2.12. The van der Waals surface area contributed by atoms with Gasteiger partial charge in [0.1, 0.15) is 0 Å². The Kier molecular flexibility index (Phi) is 7.74. The highest BCUT2D eigenvalue weighted by atomic mass is 79.9. The summed E-state index contributed by atoms with van der Waals surface area (Å²) in [6.07, 6.45) is 1.25. The van der Waals surface area contributed by atoms with E-state index in [4.69, 9.17) is 0 Å². The number of thioether (sulfide) groups is 1. The molecule has 0 saturated heterocycles. The number of rotatable bonds is 8. The first-order chi connectivity index (χ1) is 12.4. The van der Waals surface area contributed by atoms with E-state index >= 15 is 0 Å². The number of halogens is 1. The van der Waals surface area contributed by atoms with Crippen molar-refractivity contribution in [2.24, 2.45) is 0 Å². The molecule has 0 aliphatic carbocycles. The Labute approximate surface area is 169 Å². The SMILES string of the molecule is Cc1cc(SCC(=O)NN/C(=C/CC(=O)[O-])c2cccs2)c(C)cc1Br. The molecular formula is C18H18BrN2O3S2-. The van der Waals surface area contributed by atoms with Gasteiger partial charge in [-0.3, -0.25) is 15.6 Å². The molecule has 26 heavy (non-hydrogen) atoms. The number of nitrogens with one attached hydrogen (secondary N) is 2. The molecule has 138 valence electrons. The molecule has 1 heterocycles. The van der Waals surface area contributed by atoms with Gasteiger partial charge in [-0.15, -0.1) is 23.1 Å². The Bertz CT molecular complexity index is 820. The van der Waals surface area contributed by atoms with E-state index in [1.807, 2.05) is 43.5 Å². The van der Waals surface area contributed by atoms with E-state index in [-0.39, 0.29) is 18.1 Å². The predicted molar refractivity (Wildman–Crippen MR) is 108 cm³/mol. The maximum absolute atomic E-state index is 12.1. The normalized spacial score (nSPS) is 11.3. The number of carboxylic acids is 1. The van der Waals surface area contributed by atoms with Crippen LogP contribution in [-0.2, 0) is 9.59 Å². The van der Waals surface area contributed by atoms with Crippen LogP contribution in [0.15, 0.2) is 45.1 Å². The van der Waals surface area contributed by atoms with Crippen molar-refractivity contribution in [3.8, 4) is 0 Å². The van der Waals surface area contributed by atoms with E-state index in [1.165, 1.54) is 29.2 Å². The third kappa shape index (κ3) is 6.19. The number of carbonyl (C=O) groups excluding carboxylic acids is 2. The molecule has 1 aromatic heterocycles. The maximum Gasteiger partial charge on any atom is 0.248 e. The van der Waals surface area contributed by atoms with Gasteiger partial charge in [-0.2, -0.15) is 0 Å². The molecule has 0 aliphatic rings. The third-order valence-electron chi connectivity index (χ3n) is 3.41. The molecule has 0 bridgehead atoms. The number of hydrazine groups is 1. The van der Waals surface area contributed by atoms with E-state index in [0.717, 1.165) is 25.4 Å². The van der Waals surface area contributed by atoms with E-state index in [1.54, 1.807) is 0 Å². The van der Waals surface area contributed by atoms with Crippen LogP contribution in [0.4, 0.5) is 0 Å². The van der Waals surface area contributed by atoms with Gasteiger partial charge in [0.05, 0.1) is 16.3 Å². The number of aryl methyl sites for hydroxylation is 2. The van der Waals surface area contributed by atoms with Crippen LogP contribution >= 0.6 is 39.0 Å². The summed E-state index contributed by atoms with van der Waals surface area (Å²) in [7, 11) is 0. The molecule has 0 unspecified atom stereocenters. The first kappa shape index (κ1) is 20.5. The summed E-state index contributed by atoms with van der Waals surface area (Å²) in [5, 5.41) is 12.6. The number of carbonyl (C=O) groups is 2. The highest BCUT2D eigenvalue weighted by Crippen LogP contribution is 2.28. The number of benzene rings is 1. The topological polar surface area (TPSA) is 81.3 Å². The molecule has 0 radical (unpaired) electrons. The molecule has 5 nitrogen and oxygen atoms in total. The average molecular weight is 454 g/mol. The Morgan fingerprint density at radius 2 is 2.04 bits per heavy atom. The minimum Gasteiger partial charge on any atom is -0.550 e. The molecule has 2 aromatic rings. The molecule has 1 amide bonds. The lowest BCUT2D eigenvalue weighted by atomic mass is 10.2. The molecule has 0 aliphatic heterocycles. The number of aliphatic carboxylic acids is 1. The van der Waals surface area contributed by atoms with Crippen LogP contribution in [0, 0.1) is 13.8 Å². The summed E-state index contributed by atoms with van der Waals surface area (Å²) in [5.41, 5.74) is 8.18. The Balaban J connectivity index is 1.93. The van der Waals surface area contributed by atoms with Gasteiger partial charge in [-0.05, 0) is 48.6 Å². The Hall–Kier alpha value is -1.77. The van der Waals surface area contributed by atoms with Gasteiger partial charge in [0, 0.05) is 21.8 Å². The van der Waals surface area contributed by atoms with Gasteiger partial charge in [-0.1, -0.05) is 28.1 Å².